The number of hydrogen-bond acceptors (Lipinski definition) is 5. The van der Waals surface area contributed by atoms with Gasteiger partial charge >= 0.3 is 5.97 Å². The fraction of sp³-hybridized carbons (Fsp3) is 0.211. The van der Waals surface area contributed by atoms with Crippen molar-refractivity contribution in [2.45, 2.75) is 6.42 Å². The van der Waals surface area contributed by atoms with E-state index in [1.165, 1.54) is 35.2 Å². The van der Waals surface area contributed by atoms with Gasteiger partial charge in [0.05, 0.1) is 0 Å². The molecule has 0 saturated carbocycles. The number of rotatable bonds is 9. The molecule has 9 heteroatoms. The summed E-state index contributed by atoms with van der Waals surface area (Å²) < 4.78 is 23.2. The zero-order valence-corrected chi connectivity index (χ0v) is 15.5. The Kier molecular flexibility index (Phi) is 7.76. The lowest BCUT2D eigenvalue weighted by atomic mass is 10.2. The largest absolute Gasteiger partial charge is 0.482 e. The topological polar surface area (TPSA) is 98.9 Å². The molecule has 0 aliphatic carbocycles. The number of carbonyl (C=O) groups is 3. The van der Waals surface area contributed by atoms with Crippen LogP contribution in [-0.4, -0.2) is 37.5 Å². The van der Waals surface area contributed by atoms with Crippen molar-refractivity contribution in [2.75, 3.05) is 24.7 Å². The van der Waals surface area contributed by atoms with Gasteiger partial charge in [0.15, 0.2) is 13.2 Å². The summed E-state index contributed by atoms with van der Waals surface area (Å²) in [5.74, 6) is -2.06. The molecule has 0 spiro atoms. The highest BCUT2D eigenvalue weighted by molar-refractivity contribution is 6.30. The first-order chi connectivity index (χ1) is 13.3. The first kappa shape index (κ1) is 21.2. The van der Waals surface area contributed by atoms with Crippen molar-refractivity contribution in [3.8, 4) is 5.75 Å². The molecule has 2 aromatic carbocycles. The van der Waals surface area contributed by atoms with E-state index >= 15 is 0 Å². The maximum Gasteiger partial charge on any atom is 0.344 e. The second-order valence-electron chi connectivity index (χ2n) is 5.64. The predicted octanol–water partition coefficient (Wildman–Crippen LogP) is 2.31. The maximum absolute atomic E-state index is 13.1. The second kappa shape index (κ2) is 10.3. The molecular weight excluding hydrogens is 391 g/mol. The predicted molar refractivity (Wildman–Crippen MR) is 100 cm³/mol. The molecule has 2 rings (SSSR count). The van der Waals surface area contributed by atoms with Crippen LogP contribution in [0.2, 0.25) is 5.02 Å². The van der Waals surface area contributed by atoms with E-state index < -0.39 is 36.8 Å². The van der Waals surface area contributed by atoms with Gasteiger partial charge in [-0.15, -0.1) is 0 Å². The number of esters is 1. The second-order valence-corrected chi connectivity index (χ2v) is 6.08. The van der Waals surface area contributed by atoms with E-state index in [1.807, 2.05) is 0 Å². The van der Waals surface area contributed by atoms with Gasteiger partial charge in [0.2, 0.25) is 5.91 Å². The number of anilines is 1. The van der Waals surface area contributed by atoms with Gasteiger partial charge in [-0.2, -0.15) is 0 Å². The van der Waals surface area contributed by atoms with Gasteiger partial charge in [-0.05, 0) is 42.5 Å². The standard InChI is InChI=1S/C19H18ClFN2O5/c20-13-2-1-3-16(10-13)27-12-19(26)28-11-18(25)23(9-8-17(22)24)15-6-4-14(21)5-7-15/h1-7,10H,8-9,11-12H2,(H2,22,24). The van der Waals surface area contributed by atoms with Gasteiger partial charge in [-0.3, -0.25) is 9.59 Å². The Morgan fingerprint density at radius 1 is 1.07 bits per heavy atom. The molecule has 0 aliphatic rings. The number of primary amides is 1. The van der Waals surface area contributed by atoms with Gasteiger partial charge in [0.25, 0.3) is 5.91 Å². The molecule has 0 aromatic heterocycles. The van der Waals surface area contributed by atoms with E-state index in [9.17, 15) is 18.8 Å². The van der Waals surface area contributed by atoms with Crippen LogP contribution < -0.4 is 15.4 Å². The number of halogens is 2. The molecule has 0 heterocycles. The normalized spacial score (nSPS) is 10.2. The Morgan fingerprint density at radius 3 is 2.43 bits per heavy atom. The Labute approximate surface area is 165 Å². The third-order valence-electron chi connectivity index (χ3n) is 3.53. The Balaban J connectivity index is 1.91. The molecule has 0 aliphatic heterocycles. The minimum absolute atomic E-state index is 0.0314. The third-order valence-corrected chi connectivity index (χ3v) is 3.77. The van der Waals surface area contributed by atoms with Crippen LogP contribution in [-0.2, 0) is 19.1 Å². The molecule has 0 atom stereocenters. The van der Waals surface area contributed by atoms with Crippen molar-refractivity contribution in [1.29, 1.82) is 0 Å². The van der Waals surface area contributed by atoms with Crippen LogP contribution in [0, 0.1) is 5.82 Å². The lowest BCUT2D eigenvalue weighted by Crippen LogP contribution is -2.37. The zero-order chi connectivity index (χ0) is 20.5. The van der Waals surface area contributed by atoms with E-state index in [1.54, 1.807) is 18.2 Å². The summed E-state index contributed by atoms with van der Waals surface area (Å²) in [4.78, 5) is 36.4. The van der Waals surface area contributed by atoms with Crippen LogP contribution in [0.3, 0.4) is 0 Å². The zero-order valence-electron chi connectivity index (χ0n) is 14.8. The lowest BCUT2D eigenvalue weighted by Gasteiger charge is -2.22. The van der Waals surface area contributed by atoms with Crippen LogP contribution in [0.4, 0.5) is 10.1 Å². The molecule has 148 valence electrons. The van der Waals surface area contributed by atoms with Crippen LogP contribution >= 0.6 is 11.6 Å². The quantitative estimate of drug-likeness (QED) is 0.642. The molecular formula is C19H18ClFN2O5. The minimum atomic E-state index is -0.762. The van der Waals surface area contributed by atoms with Crippen molar-refractivity contribution in [3.63, 3.8) is 0 Å². The van der Waals surface area contributed by atoms with E-state index in [4.69, 9.17) is 26.8 Å². The number of hydrogen-bond donors (Lipinski definition) is 1. The fourth-order valence-electron chi connectivity index (χ4n) is 2.20. The summed E-state index contributed by atoms with van der Waals surface area (Å²) in [5.41, 5.74) is 5.47. The molecule has 0 radical (unpaired) electrons. The van der Waals surface area contributed by atoms with Crippen molar-refractivity contribution < 1.29 is 28.2 Å². The molecule has 2 amide bonds. The van der Waals surface area contributed by atoms with Crippen molar-refractivity contribution in [3.05, 3.63) is 59.4 Å². The van der Waals surface area contributed by atoms with E-state index in [0.29, 0.717) is 16.5 Å². The van der Waals surface area contributed by atoms with Gasteiger partial charge < -0.3 is 20.1 Å². The van der Waals surface area contributed by atoms with Gasteiger partial charge in [0.1, 0.15) is 11.6 Å². The minimum Gasteiger partial charge on any atom is -0.482 e. The van der Waals surface area contributed by atoms with Crippen LogP contribution in [0.1, 0.15) is 6.42 Å². The molecule has 2 N–H and O–H groups in total. The average Bonchev–Trinajstić information content (AvgIpc) is 2.66. The SMILES string of the molecule is NC(=O)CCN(C(=O)COC(=O)COc1cccc(Cl)c1)c1ccc(F)cc1. The smallest absolute Gasteiger partial charge is 0.344 e. The van der Waals surface area contributed by atoms with Gasteiger partial charge in [-0.1, -0.05) is 17.7 Å². The first-order valence-electron chi connectivity index (χ1n) is 8.23. The number of benzene rings is 2. The van der Waals surface area contributed by atoms with Crippen molar-refractivity contribution >= 4 is 35.1 Å². The third kappa shape index (κ3) is 6.88. The molecule has 7 nitrogen and oxygen atoms in total. The molecule has 2 aromatic rings. The number of nitrogens with zero attached hydrogens (tertiary/aromatic N) is 1. The highest BCUT2D eigenvalue weighted by atomic mass is 35.5. The first-order valence-corrected chi connectivity index (χ1v) is 8.61. The van der Waals surface area contributed by atoms with E-state index in [-0.39, 0.29) is 13.0 Å². The van der Waals surface area contributed by atoms with E-state index in [0.717, 1.165) is 0 Å². The maximum atomic E-state index is 13.1. The van der Waals surface area contributed by atoms with Crippen molar-refractivity contribution in [2.24, 2.45) is 5.73 Å². The van der Waals surface area contributed by atoms with Gasteiger partial charge in [-0.25, -0.2) is 9.18 Å². The van der Waals surface area contributed by atoms with Crippen LogP contribution in [0.5, 0.6) is 5.75 Å². The Hall–Kier alpha value is -3.13. The van der Waals surface area contributed by atoms with Crippen LogP contribution in [0.15, 0.2) is 48.5 Å². The highest BCUT2D eigenvalue weighted by Gasteiger charge is 2.19. The Bertz CT molecular complexity index is 844. The van der Waals surface area contributed by atoms with E-state index in [2.05, 4.69) is 0 Å². The summed E-state index contributed by atoms with van der Waals surface area (Å²) in [6, 6.07) is 11.5. The summed E-state index contributed by atoms with van der Waals surface area (Å²) in [5, 5.41) is 0.449. The summed E-state index contributed by atoms with van der Waals surface area (Å²) >= 11 is 5.81. The monoisotopic (exact) mass is 408 g/mol. The lowest BCUT2D eigenvalue weighted by molar-refractivity contribution is -0.149. The van der Waals surface area contributed by atoms with Crippen LogP contribution in [0.25, 0.3) is 0 Å². The highest BCUT2D eigenvalue weighted by Crippen LogP contribution is 2.17. The molecule has 28 heavy (non-hydrogen) atoms. The summed E-state index contributed by atoms with van der Waals surface area (Å²) in [6.45, 7) is -1.02. The molecule has 0 saturated heterocycles. The molecule has 0 unspecified atom stereocenters. The van der Waals surface area contributed by atoms with Gasteiger partial charge in [0, 0.05) is 23.7 Å². The molecule has 0 bridgehead atoms. The summed E-state index contributed by atoms with van der Waals surface area (Å²) in [6.07, 6.45) is -0.102. The van der Waals surface area contributed by atoms with Crippen molar-refractivity contribution in [1.82, 2.24) is 0 Å². The number of carbonyl (C=O) groups excluding carboxylic acids is 3. The number of nitrogens with two attached hydrogens (primary N) is 1. The molecule has 0 fully saturated rings. The Morgan fingerprint density at radius 2 is 1.79 bits per heavy atom. The summed E-state index contributed by atoms with van der Waals surface area (Å²) in [7, 11) is 0. The number of amides is 2. The fourth-order valence-corrected chi connectivity index (χ4v) is 2.38. The average molecular weight is 409 g/mol. The number of ether oxygens (including phenoxy) is 2.